The van der Waals surface area contributed by atoms with Crippen LogP contribution in [0.4, 0.5) is 0 Å². The van der Waals surface area contributed by atoms with E-state index in [1.54, 1.807) is 0 Å². The fourth-order valence-corrected chi connectivity index (χ4v) is 3.68. The molecule has 1 aliphatic carbocycles. The van der Waals surface area contributed by atoms with E-state index >= 15 is 0 Å². The normalized spacial score (nSPS) is 18.3. The third-order valence-corrected chi connectivity index (χ3v) is 5.53. The Morgan fingerprint density at radius 1 is 0.862 bits per heavy atom. The van der Waals surface area contributed by atoms with Gasteiger partial charge >= 0.3 is 0 Å². The molecule has 2 nitrogen and oxygen atoms in total. The number of benzene rings is 2. The Balaban J connectivity index is 1.54. The summed E-state index contributed by atoms with van der Waals surface area (Å²) in [5.41, 5.74) is 3.95. The molecule has 0 aromatic heterocycles. The zero-order valence-electron chi connectivity index (χ0n) is 17.4. The molecule has 0 N–H and O–H groups in total. The smallest absolute Gasteiger partial charge is 0.176 e. The Morgan fingerprint density at radius 3 is 2.17 bits per heavy atom. The van der Waals surface area contributed by atoms with Crippen LogP contribution in [0.15, 0.2) is 72.8 Å². The summed E-state index contributed by atoms with van der Waals surface area (Å²) in [4.78, 5) is 0. The van der Waals surface area contributed by atoms with Gasteiger partial charge in [0.25, 0.3) is 0 Å². The summed E-state index contributed by atoms with van der Waals surface area (Å²) in [6.07, 6.45) is 14.0. The average Bonchev–Trinajstić information content (AvgIpc) is 2.80. The Kier molecular flexibility index (Phi) is 7.85. The highest BCUT2D eigenvalue weighted by Crippen LogP contribution is 2.30. The van der Waals surface area contributed by atoms with E-state index < -0.39 is 5.60 Å². The monoisotopic (exact) mass is 385 g/mol. The SMILES string of the molecule is CCCCCCCCOC1(C#N)C=CC(c2ccc(-c3ccccc3)cc2)=CC1. The van der Waals surface area contributed by atoms with Crippen molar-refractivity contribution < 1.29 is 4.74 Å². The first-order chi connectivity index (χ1) is 14.3. The van der Waals surface area contributed by atoms with Crippen LogP contribution in [0.1, 0.15) is 57.4 Å². The second-order valence-electron chi connectivity index (χ2n) is 7.76. The molecule has 0 heterocycles. The van der Waals surface area contributed by atoms with Crippen molar-refractivity contribution in [2.75, 3.05) is 6.61 Å². The maximum absolute atomic E-state index is 9.68. The van der Waals surface area contributed by atoms with E-state index in [1.165, 1.54) is 48.8 Å². The summed E-state index contributed by atoms with van der Waals surface area (Å²) in [5, 5.41) is 9.68. The lowest BCUT2D eigenvalue weighted by Crippen LogP contribution is -2.29. The molecule has 150 valence electrons. The molecule has 0 radical (unpaired) electrons. The minimum atomic E-state index is -0.809. The maximum Gasteiger partial charge on any atom is 0.176 e. The third kappa shape index (κ3) is 5.92. The molecule has 1 unspecified atom stereocenters. The summed E-state index contributed by atoms with van der Waals surface area (Å²) in [6, 6.07) is 21.4. The van der Waals surface area contributed by atoms with Crippen molar-refractivity contribution in [2.24, 2.45) is 0 Å². The molecule has 2 aromatic rings. The molecular weight excluding hydrogens is 354 g/mol. The number of rotatable bonds is 10. The summed E-state index contributed by atoms with van der Waals surface area (Å²) in [6.45, 7) is 2.88. The molecule has 3 rings (SSSR count). The number of hydrogen-bond donors (Lipinski definition) is 0. The summed E-state index contributed by atoms with van der Waals surface area (Å²) >= 11 is 0. The molecule has 1 atom stereocenters. The first-order valence-corrected chi connectivity index (χ1v) is 10.9. The zero-order chi connectivity index (χ0) is 20.4. The first-order valence-electron chi connectivity index (χ1n) is 10.9. The molecule has 0 aliphatic heterocycles. The van der Waals surface area contributed by atoms with Gasteiger partial charge in [0.15, 0.2) is 5.60 Å². The van der Waals surface area contributed by atoms with Crippen LogP contribution in [0.2, 0.25) is 0 Å². The van der Waals surface area contributed by atoms with Gasteiger partial charge in [0.05, 0.1) is 0 Å². The molecule has 0 fully saturated rings. The highest BCUT2D eigenvalue weighted by Gasteiger charge is 2.29. The lowest BCUT2D eigenvalue weighted by atomic mass is 9.89. The van der Waals surface area contributed by atoms with Gasteiger partial charge in [-0.1, -0.05) is 106 Å². The molecule has 0 bridgehead atoms. The van der Waals surface area contributed by atoms with Crippen LogP contribution in [0.3, 0.4) is 0 Å². The predicted molar refractivity (Wildman–Crippen MR) is 121 cm³/mol. The standard InChI is InChI=1S/C27H31NO/c1-2-3-4-5-6-10-21-29-27(22-28)19-17-26(18-20-27)25-15-13-24(14-16-25)23-11-8-7-9-12-23/h7-9,11-19H,2-6,10,20-21H2,1H3. The fraction of sp³-hybridized carbons (Fsp3) is 0.370. The molecule has 2 aromatic carbocycles. The number of ether oxygens (including phenoxy) is 1. The quantitative estimate of drug-likeness (QED) is 0.401. The van der Waals surface area contributed by atoms with E-state index in [-0.39, 0.29) is 0 Å². The minimum Gasteiger partial charge on any atom is -0.356 e. The van der Waals surface area contributed by atoms with Crippen molar-refractivity contribution in [1.29, 1.82) is 5.26 Å². The maximum atomic E-state index is 9.68. The predicted octanol–water partition coefficient (Wildman–Crippen LogP) is 7.34. The van der Waals surface area contributed by atoms with Gasteiger partial charge in [-0.2, -0.15) is 5.26 Å². The number of hydrogen-bond acceptors (Lipinski definition) is 2. The largest absolute Gasteiger partial charge is 0.356 e. The van der Waals surface area contributed by atoms with E-state index in [0.29, 0.717) is 13.0 Å². The topological polar surface area (TPSA) is 33.0 Å². The van der Waals surface area contributed by atoms with Crippen molar-refractivity contribution in [3.05, 3.63) is 78.4 Å². The van der Waals surface area contributed by atoms with E-state index in [4.69, 9.17) is 4.74 Å². The van der Waals surface area contributed by atoms with Crippen molar-refractivity contribution in [3.8, 4) is 17.2 Å². The minimum absolute atomic E-state index is 0.603. The van der Waals surface area contributed by atoms with Crippen LogP contribution in [-0.2, 0) is 4.74 Å². The second kappa shape index (κ2) is 10.8. The van der Waals surface area contributed by atoms with Gasteiger partial charge in [0, 0.05) is 13.0 Å². The molecule has 0 saturated heterocycles. The van der Waals surface area contributed by atoms with Gasteiger partial charge in [-0.3, -0.25) is 0 Å². The van der Waals surface area contributed by atoms with Crippen molar-refractivity contribution in [2.45, 2.75) is 57.5 Å². The first kappa shape index (κ1) is 21.1. The van der Waals surface area contributed by atoms with Crippen LogP contribution in [-0.4, -0.2) is 12.2 Å². The molecule has 0 spiro atoms. The van der Waals surface area contributed by atoms with Crippen LogP contribution >= 0.6 is 0 Å². The van der Waals surface area contributed by atoms with Crippen molar-refractivity contribution in [3.63, 3.8) is 0 Å². The number of unbranched alkanes of at least 4 members (excludes halogenated alkanes) is 5. The Morgan fingerprint density at radius 2 is 1.52 bits per heavy atom. The summed E-state index contributed by atoms with van der Waals surface area (Å²) in [5.74, 6) is 0. The second-order valence-corrected chi connectivity index (χ2v) is 7.76. The van der Waals surface area contributed by atoms with E-state index in [9.17, 15) is 5.26 Å². The lowest BCUT2D eigenvalue weighted by molar-refractivity contribution is 0.0323. The zero-order valence-corrected chi connectivity index (χ0v) is 17.4. The number of nitriles is 1. The third-order valence-electron chi connectivity index (χ3n) is 5.53. The van der Waals surface area contributed by atoms with Crippen LogP contribution in [0, 0.1) is 11.3 Å². The Bertz CT molecular complexity index is 858. The average molecular weight is 386 g/mol. The van der Waals surface area contributed by atoms with Gasteiger partial charge in [-0.05, 0) is 34.8 Å². The van der Waals surface area contributed by atoms with E-state index in [1.807, 2.05) is 18.2 Å². The summed E-state index contributed by atoms with van der Waals surface area (Å²) < 4.78 is 5.99. The Hall–Kier alpha value is -2.63. The van der Waals surface area contributed by atoms with E-state index in [0.717, 1.165) is 12.0 Å². The van der Waals surface area contributed by atoms with Crippen LogP contribution in [0.25, 0.3) is 16.7 Å². The highest BCUT2D eigenvalue weighted by atomic mass is 16.5. The van der Waals surface area contributed by atoms with Gasteiger partial charge in [-0.15, -0.1) is 0 Å². The van der Waals surface area contributed by atoms with Gasteiger partial charge in [0.2, 0.25) is 0 Å². The molecule has 0 saturated carbocycles. The highest BCUT2D eigenvalue weighted by molar-refractivity contribution is 5.77. The fourth-order valence-electron chi connectivity index (χ4n) is 3.68. The molecule has 2 heteroatoms. The van der Waals surface area contributed by atoms with Crippen molar-refractivity contribution >= 4 is 5.57 Å². The molecule has 29 heavy (non-hydrogen) atoms. The van der Waals surface area contributed by atoms with Crippen LogP contribution in [0.5, 0.6) is 0 Å². The Labute approximate surface area is 175 Å². The van der Waals surface area contributed by atoms with E-state index in [2.05, 4.69) is 67.6 Å². The van der Waals surface area contributed by atoms with Gasteiger partial charge in [0.1, 0.15) is 6.07 Å². The van der Waals surface area contributed by atoms with Crippen molar-refractivity contribution in [1.82, 2.24) is 0 Å². The van der Waals surface area contributed by atoms with Gasteiger partial charge < -0.3 is 4.74 Å². The van der Waals surface area contributed by atoms with Gasteiger partial charge in [-0.25, -0.2) is 0 Å². The number of nitrogens with zero attached hydrogens (tertiary/aromatic N) is 1. The van der Waals surface area contributed by atoms with Crippen LogP contribution < -0.4 is 0 Å². The lowest BCUT2D eigenvalue weighted by Gasteiger charge is -2.25. The summed E-state index contributed by atoms with van der Waals surface area (Å²) in [7, 11) is 0. The number of allylic oxidation sites excluding steroid dienone is 2. The molecule has 1 aliphatic rings. The molecular formula is C27H31NO. The molecule has 0 amide bonds.